The molecule has 4 heteroatoms. The molecule has 2 aromatic rings. The lowest BCUT2D eigenvalue weighted by atomic mass is 9.75. The van der Waals surface area contributed by atoms with Crippen LogP contribution in [0.1, 0.15) is 36.8 Å². The number of hydrogen-bond acceptors (Lipinski definition) is 3. The first-order valence-electron chi connectivity index (χ1n) is 9.21. The Morgan fingerprint density at radius 1 is 1.00 bits per heavy atom. The number of hydrogen-bond donors (Lipinski definition) is 2. The van der Waals surface area contributed by atoms with Crippen LogP contribution < -0.4 is 5.32 Å². The van der Waals surface area contributed by atoms with Gasteiger partial charge < -0.3 is 10.4 Å². The van der Waals surface area contributed by atoms with Gasteiger partial charge in [0.1, 0.15) is 0 Å². The zero-order valence-corrected chi connectivity index (χ0v) is 15.9. The monoisotopic (exact) mass is 373 g/mol. The molecule has 0 aliphatic heterocycles. The van der Waals surface area contributed by atoms with Gasteiger partial charge in [0.25, 0.3) is 0 Å². The molecule has 3 rings (SSSR count). The number of carbonyl (C=O) groups is 1. The second-order valence-corrected chi connectivity index (χ2v) is 7.03. The number of aliphatic hydroxyl groups is 1. The number of rotatable bonds is 8. The molecule has 0 saturated heterocycles. The van der Waals surface area contributed by atoms with E-state index in [1.807, 2.05) is 36.4 Å². The van der Waals surface area contributed by atoms with Gasteiger partial charge in [-0.3, -0.25) is 4.79 Å². The molecule has 0 heterocycles. The van der Waals surface area contributed by atoms with E-state index in [4.69, 9.17) is 0 Å². The van der Waals surface area contributed by atoms with Crippen LogP contribution in [0, 0.1) is 0 Å². The fraction of sp³-hybridized carbons (Fsp3) is 0.409. The second-order valence-electron chi connectivity index (χ2n) is 7.03. The van der Waals surface area contributed by atoms with E-state index in [9.17, 15) is 9.90 Å². The molecule has 1 aliphatic rings. The van der Waals surface area contributed by atoms with Crippen LogP contribution in [0.4, 0.5) is 0 Å². The second kappa shape index (κ2) is 9.86. The number of nitrogens with one attached hydrogen (secondary N) is 1. The molecule has 0 spiro atoms. The standard InChI is InChI=1S/C22H27NO2.ClH/c24-17-20(15-18-9-3-1-4-10-18)23-16-21(25)22(13-7-8-14-22)19-11-5-2-6-12-19;/h1-6,9-12,20,23-24H,7-8,13-17H2;1H. The molecular weight excluding hydrogens is 346 g/mol. The first kappa shape index (κ1) is 20.6. The fourth-order valence-electron chi connectivity index (χ4n) is 3.97. The van der Waals surface area contributed by atoms with E-state index in [-0.39, 0.29) is 36.3 Å². The molecule has 0 radical (unpaired) electrons. The predicted octanol–water partition coefficient (Wildman–Crippen LogP) is 3.68. The van der Waals surface area contributed by atoms with E-state index in [0.29, 0.717) is 6.54 Å². The van der Waals surface area contributed by atoms with E-state index in [0.717, 1.165) is 37.7 Å². The Morgan fingerprint density at radius 2 is 1.58 bits per heavy atom. The maximum Gasteiger partial charge on any atom is 0.157 e. The highest BCUT2D eigenvalue weighted by Crippen LogP contribution is 2.41. The summed E-state index contributed by atoms with van der Waals surface area (Å²) in [5, 5.41) is 13.0. The number of benzene rings is 2. The van der Waals surface area contributed by atoms with Crippen molar-refractivity contribution < 1.29 is 9.90 Å². The summed E-state index contributed by atoms with van der Waals surface area (Å²) in [5.74, 6) is 0.253. The summed E-state index contributed by atoms with van der Waals surface area (Å²) >= 11 is 0. The van der Waals surface area contributed by atoms with Crippen LogP contribution in [-0.4, -0.2) is 30.1 Å². The lowest BCUT2D eigenvalue weighted by Gasteiger charge is -2.29. The van der Waals surface area contributed by atoms with Crippen LogP contribution in [0.15, 0.2) is 60.7 Å². The number of aliphatic hydroxyl groups excluding tert-OH is 1. The van der Waals surface area contributed by atoms with Gasteiger partial charge in [-0.25, -0.2) is 0 Å². The summed E-state index contributed by atoms with van der Waals surface area (Å²) in [6.07, 6.45) is 4.80. The van der Waals surface area contributed by atoms with Crippen LogP contribution >= 0.6 is 12.4 Å². The van der Waals surface area contributed by atoms with Gasteiger partial charge in [-0.15, -0.1) is 12.4 Å². The minimum Gasteiger partial charge on any atom is -0.395 e. The minimum absolute atomic E-state index is 0. The molecule has 1 saturated carbocycles. The molecule has 26 heavy (non-hydrogen) atoms. The Morgan fingerprint density at radius 3 is 2.15 bits per heavy atom. The summed E-state index contributed by atoms with van der Waals surface area (Å²) in [6.45, 7) is 0.341. The van der Waals surface area contributed by atoms with Gasteiger partial charge in [0.05, 0.1) is 18.6 Å². The van der Waals surface area contributed by atoms with E-state index in [1.54, 1.807) is 0 Å². The highest BCUT2D eigenvalue weighted by Gasteiger charge is 2.41. The van der Waals surface area contributed by atoms with Crippen LogP contribution in [0.5, 0.6) is 0 Å². The smallest absolute Gasteiger partial charge is 0.157 e. The normalized spacial score (nSPS) is 16.7. The first-order chi connectivity index (χ1) is 12.2. The lowest BCUT2D eigenvalue weighted by Crippen LogP contribution is -2.44. The van der Waals surface area contributed by atoms with Crippen molar-refractivity contribution in [2.24, 2.45) is 0 Å². The third-order valence-electron chi connectivity index (χ3n) is 5.41. The summed E-state index contributed by atoms with van der Waals surface area (Å²) in [6, 6.07) is 20.2. The number of ketones is 1. The third kappa shape index (κ3) is 4.73. The number of carbonyl (C=O) groups excluding carboxylic acids is 1. The van der Waals surface area contributed by atoms with Crippen molar-refractivity contribution in [1.29, 1.82) is 0 Å². The topological polar surface area (TPSA) is 49.3 Å². The van der Waals surface area contributed by atoms with Gasteiger partial charge in [-0.2, -0.15) is 0 Å². The van der Waals surface area contributed by atoms with Crippen molar-refractivity contribution in [3.63, 3.8) is 0 Å². The van der Waals surface area contributed by atoms with Crippen LogP contribution in [0.25, 0.3) is 0 Å². The number of halogens is 1. The van der Waals surface area contributed by atoms with Crippen LogP contribution in [0.2, 0.25) is 0 Å². The van der Waals surface area contributed by atoms with Crippen molar-refractivity contribution in [1.82, 2.24) is 5.32 Å². The summed E-state index contributed by atoms with van der Waals surface area (Å²) in [7, 11) is 0. The molecule has 2 aromatic carbocycles. The quantitative estimate of drug-likeness (QED) is 0.742. The third-order valence-corrected chi connectivity index (χ3v) is 5.41. The zero-order chi connectivity index (χ0) is 17.5. The number of Topliss-reactive ketones (excluding diaryl/α,β-unsaturated/α-hetero) is 1. The van der Waals surface area contributed by atoms with Crippen LogP contribution in [-0.2, 0) is 16.6 Å². The van der Waals surface area contributed by atoms with Gasteiger partial charge in [0, 0.05) is 6.04 Å². The molecule has 1 fully saturated rings. The maximum atomic E-state index is 13.1. The zero-order valence-electron chi connectivity index (χ0n) is 15.1. The Balaban J connectivity index is 0.00000243. The average Bonchev–Trinajstić information content (AvgIpc) is 3.17. The Hall–Kier alpha value is -1.68. The molecule has 0 aromatic heterocycles. The fourth-order valence-corrected chi connectivity index (χ4v) is 3.97. The lowest BCUT2D eigenvalue weighted by molar-refractivity contribution is -0.123. The SMILES string of the molecule is Cl.O=C(CNC(CO)Cc1ccccc1)C1(c2ccccc2)CCCC1. The van der Waals surface area contributed by atoms with Crippen LogP contribution in [0.3, 0.4) is 0 Å². The molecule has 1 aliphatic carbocycles. The van der Waals surface area contributed by atoms with E-state index >= 15 is 0 Å². The highest BCUT2D eigenvalue weighted by molar-refractivity contribution is 5.92. The average molecular weight is 374 g/mol. The molecular formula is C22H28ClNO2. The van der Waals surface area contributed by atoms with E-state index in [1.165, 1.54) is 5.56 Å². The molecule has 3 nitrogen and oxygen atoms in total. The van der Waals surface area contributed by atoms with Crippen molar-refractivity contribution >= 4 is 18.2 Å². The molecule has 2 N–H and O–H groups in total. The highest BCUT2D eigenvalue weighted by atomic mass is 35.5. The Bertz CT molecular complexity index is 669. The van der Waals surface area contributed by atoms with Gasteiger partial charge in [-0.1, -0.05) is 73.5 Å². The maximum absolute atomic E-state index is 13.1. The minimum atomic E-state index is -0.346. The summed E-state index contributed by atoms with van der Waals surface area (Å²) < 4.78 is 0. The molecule has 0 amide bonds. The summed E-state index contributed by atoms with van der Waals surface area (Å²) in [5.41, 5.74) is 1.96. The predicted molar refractivity (Wildman–Crippen MR) is 108 cm³/mol. The van der Waals surface area contributed by atoms with Gasteiger partial charge in [0.2, 0.25) is 0 Å². The van der Waals surface area contributed by atoms with Crippen molar-refractivity contribution in [3.05, 3.63) is 71.8 Å². The Labute approximate surface area is 162 Å². The van der Waals surface area contributed by atoms with Crippen molar-refractivity contribution in [2.45, 2.75) is 43.6 Å². The van der Waals surface area contributed by atoms with E-state index in [2.05, 4.69) is 29.6 Å². The van der Waals surface area contributed by atoms with Crippen molar-refractivity contribution in [2.75, 3.05) is 13.2 Å². The van der Waals surface area contributed by atoms with E-state index < -0.39 is 0 Å². The molecule has 1 atom stereocenters. The van der Waals surface area contributed by atoms with Gasteiger partial charge in [0.15, 0.2) is 5.78 Å². The molecule has 1 unspecified atom stereocenters. The van der Waals surface area contributed by atoms with Gasteiger partial charge >= 0.3 is 0 Å². The Kier molecular flexibility index (Phi) is 7.83. The van der Waals surface area contributed by atoms with Crippen molar-refractivity contribution in [3.8, 4) is 0 Å². The molecule has 140 valence electrons. The molecule has 0 bridgehead atoms. The first-order valence-corrected chi connectivity index (χ1v) is 9.21. The summed E-state index contributed by atoms with van der Waals surface area (Å²) in [4.78, 5) is 13.1. The van der Waals surface area contributed by atoms with Gasteiger partial charge in [-0.05, 0) is 30.4 Å². The largest absolute Gasteiger partial charge is 0.395 e.